The number of nitrogens with zero attached hydrogens (tertiary/aromatic N) is 2. The van der Waals surface area contributed by atoms with Crippen LogP contribution in [-0.2, 0) is 0 Å². The van der Waals surface area contributed by atoms with Crippen LogP contribution in [0, 0.1) is 30.9 Å². The lowest BCUT2D eigenvalue weighted by atomic mass is 10.0. The van der Waals surface area contributed by atoms with Gasteiger partial charge in [-0.1, -0.05) is 11.6 Å². The van der Waals surface area contributed by atoms with Gasteiger partial charge >= 0.3 is 0 Å². The maximum Gasteiger partial charge on any atom is 0.273 e. The number of fused-ring (bicyclic) bond motifs is 1. The molecule has 1 heterocycles. The topological polar surface area (TPSA) is 56.0 Å². The number of halogens is 1. The Morgan fingerprint density at radius 2 is 1.88 bits per heavy atom. The highest BCUT2D eigenvalue weighted by atomic mass is 35.5. The second-order valence-corrected chi connectivity index (χ2v) is 4.44. The molecule has 1 aromatic heterocycles. The van der Waals surface area contributed by atoms with Crippen LogP contribution in [0.5, 0.6) is 0 Å². The van der Waals surface area contributed by atoms with E-state index in [9.17, 15) is 10.1 Å². The van der Waals surface area contributed by atoms with Gasteiger partial charge in [-0.25, -0.2) is 4.98 Å². The van der Waals surface area contributed by atoms with Crippen molar-refractivity contribution in [2.24, 2.45) is 0 Å². The number of aromatic nitrogens is 1. The van der Waals surface area contributed by atoms with Crippen molar-refractivity contribution in [1.82, 2.24) is 4.98 Å². The fourth-order valence-corrected chi connectivity index (χ4v) is 2.03. The molecule has 0 fully saturated rings. The van der Waals surface area contributed by atoms with E-state index in [1.54, 1.807) is 13.8 Å². The third kappa shape index (κ3) is 1.85. The second-order valence-electron chi connectivity index (χ2n) is 4.09. The molecule has 0 N–H and O–H groups in total. The van der Waals surface area contributed by atoms with Crippen molar-refractivity contribution < 1.29 is 4.92 Å². The quantitative estimate of drug-likeness (QED) is 0.440. The second kappa shape index (κ2) is 3.96. The number of nitro groups is 1. The average molecular weight is 251 g/mol. The molecule has 0 radical (unpaired) electrons. The van der Waals surface area contributed by atoms with E-state index in [-0.39, 0.29) is 10.6 Å². The summed E-state index contributed by atoms with van der Waals surface area (Å²) in [5.74, 6) is 0. The fraction of sp³-hybridized carbons (Fsp3) is 0.250. The minimum absolute atomic E-state index is 0.124. The zero-order valence-corrected chi connectivity index (χ0v) is 10.5. The largest absolute Gasteiger partial charge is 0.273 e. The molecule has 0 amide bonds. The third-order valence-corrected chi connectivity index (χ3v) is 3.25. The van der Waals surface area contributed by atoms with Gasteiger partial charge in [-0.15, -0.1) is 0 Å². The number of pyridine rings is 1. The lowest BCUT2D eigenvalue weighted by Crippen LogP contribution is -1.96. The first-order valence-corrected chi connectivity index (χ1v) is 5.51. The van der Waals surface area contributed by atoms with Gasteiger partial charge in [-0.2, -0.15) is 0 Å². The molecule has 17 heavy (non-hydrogen) atoms. The normalized spacial score (nSPS) is 10.8. The molecule has 4 nitrogen and oxygen atoms in total. The highest BCUT2D eigenvalue weighted by molar-refractivity contribution is 6.30. The van der Waals surface area contributed by atoms with E-state index in [1.807, 2.05) is 13.0 Å². The molecule has 0 saturated heterocycles. The summed E-state index contributed by atoms with van der Waals surface area (Å²) < 4.78 is 0. The van der Waals surface area contributed by atoms with Crippen molar-refractivity contribution in [2.45, 2.75) is 20.8 Å². The molecule has 0 spiro atoms. The van der Waals surface area contributed by atoms with Crippen molar-refractivity contribution in [3.63, 3.8) is 0 Å². The monoisotopic (exact) mass is 250 g/mol. The van der Waals surface area contributed by atoms with Crippen molar-refractivity contribution in [1.29, 1.82) is 0 Å². The Morgan fingerprint density at radius 3 is 2.47 bits per heavy atom. The first kappa shape index (κ1) is 11.8. The Balaban J connectivity index is 2.94. The minimum Gasteiger partial charge on any atom is -0.258 e. The zero-order chi connectivity index (χ0) is 12.7. The summed E-state index contributed by atoms with van der Waals surface area (Å²) in [7, 11) is 0. The Morgan fingerprint density at radius 1 is 1.24 bits per heavy atom. The van der Waals surface area contributed by atoms with E-state index in [2.05, 4.69) is 4.98 Å². The van der Waals surface area contributed by atoms with Crippen LogP contribution in [-0.4, -0.2) is 9.91 Å². The maximum absolute atomic E-state index is 10.9. The van der Waals surface area contributed by atoms with Gasteiger partial charge in [0.1, 0.15) is 5.15 Å². The van der Waals surface area contributed by atoms with Gasteiger partial charge in [0.25, 0.3) is 5.69 Å². The molecule has 0 unspecified atom stereocenters. The molecule has 0 atom stereocenters. The average Bonchev–Trinajstić information content (AvgIpc) is 2.25. The fourth-order valence-electron chi connectivity index (χ4n) is 1.89. The Labute approximate surface area is 103 Å². The van der Waals surface area contributed by atoms with Crippen LogP contribution in [0.1, 0.15) is 16.7 Å². The van der Waals surface area contributed by atoms with E-state index in [0.717, 1.165) is 22.0 Å². The summed E-state index contributed by atoms with van der Waals surface area (Å²) in [5.41, 5.74) is 3.06. The molecular weight excluding hydrogens is 240 g/mol. The van der Waals surface area contributed by atoms with Crippen molar-refractivity contribution in [2.75, 3.05) is 0 Å². The summed E-state index contributed by atoms with van der Waals surface area (Å²) >= 11 is 5.97. The number of rotatable bonds is 1. The molecule has 88 valence electrons. The van der Waals surface area contributed by atoms with Crippen LogP contribution in [0.3, 0.4) is 0 Å². The molecule has 5 heteroatoms. The number of nitro benzene ring substituents is 1. The molecule has 0 saturated carbocycles. The Kier molecular flexibility index (Phi) is 2.75. The van der Waals surface area contributed by atoms with E-state index in [0.29, 0.717) is 10.7 Å². The highest BCUT2D eigenvalue weighted by Crippen LogP contribution is 2.31. The molecule has 2 aromatic rings. The van der Waals surface area contributed by atoms with Crippen LogP contribution in [0.4, 0.5) is 5.69 Å². The van der Waals surface area contributed by atoms with E-state index >= 15 is 0 Å². The van der Waals surface area contributed by atoms with Crippen molar-refractivity contribution >= 4 is 28.2 Å². The van der Waals surface area contributed by atoms with Crippen LogP contribution < -0.4 is 0 Å². The van der Waals surface area contributed by atoms with Gasteiger partial charge in [0.05, 0.1) is 10.4 Å². The summed E-state index contributed by atoms with van der Waals surface area (Å²) in [6.45, 7) is 5.37. The summed E-state index contributed by atoms with van der Waals surface area (Å²) in [4.78, 5) is 14.8. The zero-order valence-electron chi connectivity index (χ0n) is 9.74. The third-order valence-electron chi connectivity index (χ3n) is 2.86. The first-order valence-electron chi connectivity index (χ1n) is 5.13. The molecule has 1 aromatic carbocycles. The van der Waals surface area contributed by atoms with Crippen LogP contribution in [0.2, 0.25) is 5.15 Å². The lowest BCUT2D eigenvalue weighted by Gasteiger charge is -2.08. The predicted molar refractivity (Wildman–Crippen MR) is 67.6 cm³/mol. The van der Waals surface area contributed by atoms with Crippen LogP contribution in [0.25, 0.3) is 10.9 Å². The Hall–Kier alpha value is -1.68. The van der Waals surface area contributed by atoms with Crippen molar-refractivity contribution in [3.8, 4) is 0 Å². The number of aryl methyl sites for hydroxylation is 3. The van der Waals surface area contributed by atoms with E-state index < -0.39 is 0 Å². The molecule has 0 bridgehead atoms. The first-order chi connectivity index (χ1) is 7.91. The van der Waals surface area contributed by atoms with E-state index in [1.165, 1.54) is 6.07 Å². The van der Waals surface area contributed by atoms with Gasteiger partial charge in [-0.05, 0) is 38.0 Å². The van der Waals surface area contributed by atoms with E-state index in [4.69, 9.17) is 11.6 Å². The number of benzene rings is 1. The predicted octanol–water partition coefficient (Wildman–Crippen LogP) is 3.72. The molecular formula is C12H11ClN2O2. The molecule has 2 rings (SSSR count). The van der Waals surface area contributed by atoms with Gasteiger partial charge in [0, 0.05) is 17.0 Å². The lowest BCUT2D eigenvalue weighted by molar-refractivity contribution is -0.385. The minimum atomic E-state index is -0.369. The Bertz CT molecular complexity index is 638. The molecule has 0 aliphatic heterocycles. The smallest absolute Gasteiger partial charge is 0.258 e. The van der Waals surface area contributed by atoms with Crippen LogP contribution >= 0.6 is 11.6 Å². The van der Waals surface area contributed by atoms with Gasteiger partial charge in [0.15, 0.2) is 0 Å². The number of hydrogen-bond acceptors (Lipinski definition) is 3. The highest BCUT2D eigenvalue weighted by Gasteiger charge is 2.17. The summed E-state index contributed by atoms with van der Waals surface area (Å²) in [5, 5.41) is 12.2. The molecule has 0 aliphatic carbocycles. The van der Waals surface area contributed by atoms with Crippen molar-refractivity contribution in [3.05, 3.63) is 44.1 Å². The number of hydrogen-bond donors (Lipinski definition) is 0. The summed E-state index contributed by atoms with van der Waals surface area (Å²) in [6.07, 6.45) is 0. The SMILES string of the molecule is Cc1cc2c(C)c([N+](=O)[O-])cc(C)c2nc1Cl. The summed E-state index contributed by atoms with van der Waals surface area (Å²) in [6, 6.07) is 3.39. The van der Waals surface area contributed by atoms with Gasteiger partial charge < -0.3 is 0 Å². The van der Waals surface area contributed by atoms with Gasteiger partial charge in [-0.3, -0.25) is 10.1 Å². The maximum atomic E-state index is 10.9. The standard InChI is InChI=1S/C12H11ClN2O2/c1-6-5-10(15(16)17)8(3)9-4-7(2)12(13)14-11(6)9/h4-5H,1-3H3. The molecule has 0 aliphatic rings. The van der Waals surface area contributed by atoms with Gasteiger partial charge in [0.2, 0.25) is 0 Å². The van der Waals surface area contributed by atoms with Crippen LogP contribution in [0.15, 0.2) is 12.1 Å².